The van der Waals surface area contributed by atoms with Crippen LogP contribution in [0.3, 0.4) is 0 Å². The van der Waals surface area contributed by atoms with Gasteiger partial charge in [-0.3, -0.25) is 4.79 Å². The minimum atomic E-state index is -0.298. The van der Waals surface area contributed by atoms with E-state index in [1.54, 1.807) is 0 Å². The van der Waals surface area contributed by atoms with Crippen molar-refractivity contribution < 1.29 is 4.79 Å². The average Bonchev–Trinajstić information content (AvgIpc) is 2.86. The van der Waals surface area contributed by atoms with Crippen LogP contribution in [0.15, 0.2) is 0 Å². The molecule has 0 spiro atoms. The normalized spacial score (nSPS) is 31.6. The molecule has 2 aliphatic rings. The summed E-state index contributed by atoms with van der Waals surface area (Å²) in [7, 11) is 2.16. The third kappa shape index (κ3) is 5.26. The number of nitrogens with zero attached hydrogens (tertiary/aromatic N) is 2. The molecule has 1 aliphatic heterocycles. The van der Waals surface area contributed by atoms with Gasteiger partial charge in [-0.15, -0.1) is 24.8 Å². The number of rotatable bonds is 4. The largest absolute Gasteiger partial charge is 0.342 e. The molecule has 6 heteroatoms. The van der Waals surface area contributed by atoms with Gasteiger partial charge in [0.2, 0.25) is 5.91 Å². The van der Waals surface area contributed by atoms with Crippen LogP contribution in [-0.4, -0.2) is 54.5 Å². The number of nitrogens with two attached hydrogens (primary N) is 1. The minimum Gasteiger partial charge on any atom is -0.342 e. The molecule has 1 saturated carbocycles. The quantitative estimate of drug-likeness (QED) is 0.844. The van der Waals surface area contributed by atoms with Gasteiger partial charge in [0, 0.05) is 25.2 Å². The number of likely N-dealkylation sites (tertiary alicyclic amines) is 1. The highest BCUT2D eigenvalue weighted by atomic mass is 35.5. The van der Waals surface area contributed by atoms with Crippen molar-refractivity contribution in [1.82, 2.24) is 9.80 Å². The first kappa shape index (κ1) is 22.0. The van der Waals surface area contributed by atoms with Crippen molar-refractivity contribution in [3.63, 3.8) is 0 Å². The van der Waals surface area contributed by atoms with Gasteiger partial charge >= 0.3 is 0 Å². The SMILES string of the molecule is CCN(C)CC1CCN(C(=O)C2CCCCC2(C)N)C1.Cl.Cl. The predicted molar refractivity (Wildman–Crippen MR) is 96.9 cm³/mol. The van der Waals surface area contributed by atoms with E-state index in [4.69, 9.17) is 5.73 Å². The number of halogens is 2. The molecule has 132 valence electrons. The van der Waals surface area contributed by atoms with Crippen LogP contribution in [0.4, 0.5) is 0 Å². The summed E-state index contributed by atoms with van der Waals surface area (Å²) < 4.78 is 0. The van der Waals surface area contributed by atoms with Gasteiger partial charge in [-0.1, -0.05) is 19.8 Å². The average molecular weight is 354 g/mol. The lowest BCUT2D eigenvalue weighted by molar-refractivity contribution is -0.138. The van der Waals surface area contributed by atoms with Crippen LogP contribution in [0.1, 0.15) is 46.0 Å². The maximum absolute atomic E-state index is 12.7. The highest BCUT2D eigenvalue weighted by molar-refractivity contribution is 5.85. The maximum atomic E-state index is 12.7. The van der Waals surface area contributed by atoms with Gasteiger partial charge < -0.3 is 15.5 Å². The first-order valence-corrected chi connectivity index (χ1v) is 8.20. The lowest BCUT2D eigenvalue weighted by Crippen LogP contribution is -2.53. The van der Waals surface area contributed by atoms with Crippen LogP contribution < -0.4 is 5.73 Å². The van der Waals surface area contributed by atoms with Crippen molar-refractivity contribution in [2.24, 2.45) is 17.6 Å². The van der Waals surface area contributed by atoms with Gasteiger partial charge in [0.25, 0.3) is 0 Å². The van der Waals surface area contributed by atoms with E-state index in [0.29, 0.717) is 11.8 Å². The monoisotopic (exact) mass is 353 g/mol. The number of hydrogen-bond donors (Lipinski definition) is 1. The summed E-state index contributed by atoms with van der Waals surface area (Å²) in [6.45, 7) is 8.27. The van der Waals surface area contributed by atoms with E-state index < -0.39 is 0 Å². The fraction of sp³-hybridized carbons (Fsp3) is 0.938. The highest BCUT2D eigenvalue weighted by Crippen LogP contribution is 2.34. The fourth-order valence-electron chi connectivity index (χ4n) is 3.74. The van der Waals surface area contributed by atoms with Crippen LogP contribution in [0.2, 0.25) is 0 Å². The highest BCUT2D eigenvalue weighted by Gasteiger charge is 2.41. The van der Waals surface area contributed by atoms with E-state index >= 15 is 0 Å². The van der Waals surface area contributed by atoms with E-state index in [9.17, 15) is 4.79 Å². The maximum Gasteiger partial charge on any atom is 0.227 e. The molecule has 0 aromatic heterocycles. The molecule has 2 rings (SSSR count). The molecule has 1 heterocycles. The fourth-order valence-corrected chi connectivity index (χ4v) is 3.74. The Balaban J connectivity index is 0.00000220. The van der Waals surface area contributed by atoms with Gasteiger partial charge in [0.15, 0.2) is 0 Å². The minimum absolute atomic E-state index is 0. The molecule has 0 bridgehead atoms. The molecule has 3 unspecified atom stereocenters. The summed E-state index contributed by atoms with van der Waals surface area (Å²) >= 11 is 0. The summed E-state index contributed by atoms with van der Waals surface area (Å²) in [6, 6.07) is 0. The molecule has 22 heavy (non-hydrogen) atoms. The lowest BCUT2D eigenvalue weighted by atomic mass is 9.74. The Morgan fingerprint density at radius 1 is 1.32 bits per heavy atom. The molecule has 1 aliphatic carbocycles. The van der Waals surface area contributed by atoms with Gasteiger partial charge in [0.05, 0.1) is 5.92 Å². The summed E-state index contributed by atoms with van der Waals surface area (Å²) in [4.78, 5) is 17.2. The number of amides is 1. The number of hydrogen-bond acceptors (Lipinski definition) is 3. The molecular formula is C16H33Cl2N3O. The summed E-state index contributed by atoms with van der Waals surface area (Å²) in [5.74, 6) is 0.992. The standard InChI is InChI=1S/C16H31N3O.2ClH/c1-4-18(3)11-13-8-10-19(12-13)15(20)14-7-5-6-9-16(14,2)17;;/h13-14H,4-12,17H2,1-3H3;2*1H. The topological polar surface area (TPSA) is 49.6 Å². The summed E-state index contributed by atoms with van der Waals surface area (Å²) in [6.07, 6.45) is 5.42. The van der Waals surface area contributed by atoms with Gasteiger partial charge in [-0.2, -0.15) is 0 Å². The van der Waals surface area contributed by atoms with E-state index in [2.05, 4.69) is 30.7 Å². The zero-order chi connectivity index (χ0) is 14.8. The molecule has 0 aromatic rings. The number of carbonyl (C=O) groups excluding carboxylic acids is 1. The molecule has 0 radical (unpaired) electrons. The van der Waals surface area contributed by atoms with Crippen LogP contribution in [-0.2, 0) is 4.79 Å². The molecule has 0 aromatic carbocycles. The Bertz CT molecular complexity index is 352. The van der Waals surface area contributed by atoms with E-state index in [0.717, 1.165) is 51.9 Å². The molecular weight excluding hydrogens is 321 g/mol. The van der Waals surface area contributed by atoms with E-state index in [1.165, 1.54) is 6.42 Å². The lowest BCUT2D eigenvalue weighted by Gasteiger charge is -2.39. The Hall–Kier alpha value is -0.0300. The Morgan fingerprint density at radius 2 is 2.00 bits per heavy atom. The van der Waals surface area contributed by atoms with Crippen molar-refractivity contribution in [3.8, 4) is 0 Å². The van der Waals surface area contributed by atoms with Gasteiger partial charge in [-0.25, -0.2) is 0 Å². The third-order valence-electron chi connectivity index (χ3n) is 5.26. The molecule has 1 amide bonds. The van der Waals surface area contributed by atoms with Crippen molar-refractivity contribution in [1.29, 1.82) is 0 Å². The van der Waals surface area contributed by atoms with E-state index in [-0.39, 0.29) is 36.3 Å². The zero-order valence-corrected chi connectivity index (χ0v) is 15.8. The van der Waals surface area contributed by atoms with Crippen LogP contribution in [0, 0.1) is 11.8 Å². The first-order chi connectivity index (χ1) is 9.44. The first-order valence-electron chi connectivity index (χ1n) is 8.20. The van der Waals surface area contributed by atoms with Crippen molar-refractivity contribution >= 4 is 30.7 Å². The van der Waals surface area contributed by atoms with Crippen molar-refractivity contribution in [2.75, 3.05) is 33.2 Å². The second kappa shape index (κ2) is 9.31. The Morgan fingerprint density at radius 3 is 2.59 bits per heavy atom. The third-order valence-corrected chi connectivity index (χ3v) is 5.26. The van der Waals surface area contributed by atoms with Crippen molar-refractivity contribution in [2.45, 2.75) is 51.5 Å². The Kier molecular flexibility index (Phi) is 9.30. The second-order valence-electron chi connectivity index (χ2n) is 7.10. The van der Waals surface area contributed by atoms with Crippen molar-refractivity contribution in [3.05, 3.63) is 0 Å². The predicted octanol–water partition coefficient (Wildman–Crippen LogP) is 2.54. The molecule has 3 atom stereocenters. The zero-order valence-electron chi connectivity index (χ0n) is 14.2. The van der Waals surface area contributed by atoms with Crippen LogP contribution >= 0.6 is 24.8 Å². The van der Waals surface area contributed by atoms with Crippen LogP contribution in [0.25, 0.3) is 0 Å². The molecule has 4 nitrogen and oxygen atoms in total. The Labute approximate surface area is 148 Å². The van der Waals surface area contributed by atoms with Gasteiger partial charge in [-0.05, 0) is 45.7 Å². The van der Waals surface area contributed by atoms with Crippen LogP contribution in [0.5, 0.6) is 0 Å². The van der Waals surface area contributed by atoms with Gasteiger partial charge in [0.1, 0.15) is 0 Å². The number of carbonyl (C=O) groups is 1. The molecule has 2 fully saturated rings. The molecule has 2 N–H and O–H groups in total. The second-order valence-corrected chi connectivity index (χ2v) is 7.10. The smallest absolute Gasteiger partial charge is 0.227 e. The summed E-state index contributed by atoms with van der Waals surface area (Å²) in [5, 5.41) is 0. The van der Waals surface area contributed by atoms with E-state index in [1.807, 2.05) is 0 Å². The summed E-state index contributed by atoms with van der Waals surface area (Å²) in [5.41, 5.74) is 6.07. The molecule has 1 saturated heterocycles.